The number of methoxy groups -OCH3 is 2. The van der Waals surface area contributed by atoms with Crippen molar-refractivity contribution in [3.8, 4) is 68.6 Å². The second-order valence-corrected chi connectivity index (χ2v) is 21.7. The van der Waals surface area contributed by atoms with Crippen LogP contribution >= 0.6 is 0 Å². The molecule has 3 aromatic rings. The molecule has 34 nitrogen and oxygen atoms in total. The molecule has 9 rings (SSSR count). The van der Waals surface area contributed by atoms with Gasteiger partial charge in [0, 0.05) is 29.8 Å². The van der Waals surface area contributed by atoms with Crippen LogP contribution in [-0.2, 0) is 57.1 Å². The van der Waals surface area contributed by atoms with Gasteiger partial charge in [-0.1, -0.05) is 12.1 Å². The van der Waals surface area contributed by atoms with Gasteiger partial charge in [0.2, 0.25) is 24.6 Å². The van der Waals surface area contributed by atoms with Crippen molar-refractivity contribution in [2.45, 2.75) is 123 Å². The first-order chi connectivity index (χ1) is 45.2. The van der Waals surface area contributed by atoms with E-state index in [0.29, 0.717) is 5.56 Å². The Hall–Kier alpha value is -8.79. The second kappa shape index (κ2) is 30.7. The van der Waals surface area contributed by atoms with Gasteiger partial charge in [-0.05, 0) is 71.8 Å². The summed E-state index contributed by atoms with van der Waals surface area (Å²) in [4.78, 5) is 63.5. The minimum Gasteiger partial charge on any atom is -0.504 e. The van der Waals surface area contributed by atoms with Gasteiger partial charge in [0.1, 0.15) is 116 Å². The van der Waals surface area contributed by atoms with Crippen LogP contribution in [0.3, 0.4) is 0 Å². The van der Waals surface area contributed by atoms with Crippen molar-refractivity contribution in [3.05, 3.63) is 106 Å². The van der Waals surface area contributed by atoms with Crippen LogP contribution in [-0.4, -0.2) is 258 Å². The van der Waals surface area contributed by atoms with Crippen molar-refractivity contribution in [1.82, 2.24) is 0 Å². The Labute approximate surface area is 535 Å². The van der Waals surface area contributed by atoms with Gasteiger partial charge in [0.05, 0.1) is 33.0 Å². The summed E-state index contributed by atoms with van der Waals surface area (Å²) in [6.45, 7) is -3.16. The molecule has 0 spiro atoms. The Kier molecular flexibility index (Phi) is 22.8. The normalized spacial score (nSPS) is 30.1. The predicted molar refractivity (Wildman–Crippen MR) is 310 cm³/mol. The van der Waals surface area contributed by atoms with Crippen molar-refractivity contribution in [1.29, 1.82) is 0 Å². The van der Waals surface area contributed by atoms with Crippen LogP contribution in [0.4, 0.5) is 0 Å². The molecule has 0 aromatic heterocycles. The predicted octanol–water partition coefficient (Wildman–Crippen LogP) is -2.90. The van der Waals surface area contributed by atoms with E-state index in [-0.39, 0.29) is 45.4 Å². The number of hydrogen-bond donors (Lipinski definition) is 15. The van der Waals surface area contributed by atoms with Crippen LogP contribution in [0.2, 0.25) is 0 Å². The smallest absolute Gasteiger partial charge is 0.331 e. The molecular formula is C61H66O34. The van der Waals surface area contributed by atoms with E-state index in [1.54, 1.807) is 0 Å². The molecular weight excluding hydrogens is 1280 g/mol. The summed E-state index contributed by atoms with van der Waals surface area (Å²) in [5.41, 5.74) is -0.625. The van der Waals surface area contributed by atoms with Gasteiger partial charge in [0.25, 0.3) is 0 Å². The molecule has 0 radical (unpaired) electrons. The molecule has 5 heterocycles. The lowest BCUT2D eigenvalue weighted by Crippen LogP contribution is -2.64. The third-order valence-corrected chi connectivity index (χ3v) is 15.2. The number of hydrogen-bond acceptors (Lipinski definition) is 33. The molecule has 0 saturated carbocycles. The van der Waals surface area contributed by atoms with Crippen LogP contribution in [0.15, 0.2) is 94.2 Å². The highest BCUT2D eigenvalue weighted by Crippen LogP contribution is 2.45. The van der Waals surface area contributed by atoms with Gasteiger partial charge in [-0.25, -0.2) is 9.59 Å². The van der Waals surface area contributed by atoms with Crippen LogP contribution in [0.25, 0.3) is 34.8 Å². The van der Waals surface area contributed by atoms with E-state index in [1.807, 2.05) is 0 Å². The van der Waals surface area contributed by atoms with E-state index >= 15 is 0 Å². The Bertz CT molecular complexity index is 3560. The van der Waals surface area contributed by atoms with E-state index in [0.717, 1.165) is 42.5 Å². The van der Waals surface area contributed by atoms with Crippen LogP contribution < -0.4 is 29.1 Å². The van der Waals surface area contributed by atoms with E-state index < -0.39 is 208 Å². The lowest BCUT2D eigenvalue weighted by Gasteiger charge is -2.45. The zero-order valence-electron chi connectivity index (χ0n) is 49.7. The summed E-state index contributed by atoms with van der Waals surface area (Å²) in [6, 6.07) is 14.5. The van der Waals surface area contributed by atoms with Gasteiger partial charge < -0.3 is 143 Å². The summed E-state index contributed by atoms with van der Waals surface area (Å²) in [7, 11) is 2.53. The molecule has 6 aliphatic rings. The third kappa shape index (κ3) is 16.5. The van der Waals surface area contributed by atoms with Gasteiger partial charge in [0.15, 0.2) is 58.4 Å². The number of ether oxygens (including phenoxy) is 13. The van der Waals surface area contributed by atoms with E-state index in [2.05, 4.69) is 0 Å². The summed E-state index contributed by atoms with van der Waals surface area (Å²) in [5, 5.41) is 159. The molecule has 0 bridgehead atoms. The molecule has 15 N–H and O–H groups in total. The van der Waals surface area contributed by atoms with E-state index in [9.17, 15) is 95.5 Å². The van der Waals surface area contributed by atoms with Crippen LogP contribution in [0, 0.1) is 0 Å². The Morgan fingerprint density at radius 2 is 1.15 bits per heavy atom. The van der Waals surface area contributed by atoms with E-state index in [4.69, 9.17) is 71.1 Å². The highest BCUT2D eigenvalue weighted by molar-refractivity contribution is 5.90. The monoisotopic (exact) mass is 1340 g/mol. The van der Waals surface area contributed by atoms with Gasteiger partial charge >= 0.3 is 23.9 Å². The number of benzene rings is 4. The molecule has 4 fully saturated rings. The maximum absolute atomic E-state index is 13.5. The molecule has 3 aromatic carbocycles. The summed E-state index contributed by atoms with van der Waals surface area (Å²) in [5.74, 6) is -8.61. The van der Waals surface area contributed by atoms with Gasteiger partial charge in [-0.2, -0.15) is 0 Å². The molecule has 95 heavy (non-hydrogen) atoms. The fourth-order valence-electron chi connectivity index (χ4n) is 10.1. The lowest BCUT2D eigenvalue weighted by molar-refractivity contribution is -0.345. The number of aliphatic hydroxyl groups excluding tert-OH is 11. The maximum Gasteiger partial charge on any atom is 0.331 e. The fourth-order valence-corrected chi connectivity index (χ4v) is 10.1. The average molecular weight is 1340 g/mol. The Balaban J connectivity index is 1.03. The standard InChI is InChI=1S/C61H66O34/c1-82-35-13-25(14-36(83-2)46(35)73)6-12-43(70)94-56-45(72)32(66)21-86-60(56)95-57-52(79)49(76)40(22-84-42(69)11-5-24-3-8-28(9-4-24)87-58-53(80)50(77)47(74)38(20-62)91-58)93-61(57)90-37-18-29-33(88-55(37)26-7-10-30(64)31(65)15-26)16-27(63)17-34(29)89-59-54(81)51(78)48(75)39(92-59)23-85-44(71)19-41(67)68/h3-18,32,38-40,45,47-54,56-62,64-66,72-81H,19-23H2,1-2H3,(H,67,68)/b11-5+,12-6+/t32-,38-,39-,40-,45+,47-,48-,49-,50+,51+,52+,53-,54-,56-,57-,58-,59-,60+,61-/m1/s1. The van der Waals surface area contributed by atoms with Crippen LogP contribution in [0.1, 0.15) is 17.5 Å². The molecule has 19 atom stereocenters. The van der Waals surface area contributed by atoms with Gasteiger partial charge in [-0.15, -0.1) is 0 Å². The average Bonchev–Trinajstić information content (AvgIpc) is 0.766. The third-order valence-electron chi connectivity index (χ3n) is 15.2. The number of esters is 3. The molecule has 5 aliphatic heterocycles. The SMILES string of the molecule is COc1cc(/C=C/C(=O)O[C@H]2[C@H](O[C@H]3[C@H](Oc4cc5c(O[C@@H]6O[C@H](COC(=O)CC(=O)O)[C@@H](O)[C@H](O)[C@H]6O)cc(=O)cc-5oc4-c4ccc(O)c(O)c4)O[C@H](COC(=O)/C=C/c4ccc(O[C@@H]5O[C@H](CO)[C@@H](O)[C@H](O)[C@H]5O)cc4)[C@@H](O)[C@@H]3O)OC[C@@H](O)[C@@H]2O)cc(OC)c1O. The number of aliphatic carboxylic acids is 1. The first kappa shape index (κ1) is 70.5. The number of aromatic hydroxyl groups is 3. The molecule has 514 valence electrons. The minimum atomic E-state index is -2.23. The number of phenolic OH excluding ortho intramolecular Hbond substituents is 3. The van der Waals surface area contributed by atoms with Gasteiger partial charge in [-0.3, -0.25) is 14.4 Å². The number of phenols is 3. The number of rotatable bonds is 23. The molecule has 0 unspecified atom stereocenters. The zero-order chi connectivity index (χ0) is 68.7. The fraction of sp³-hybridized carbons (Fsp3) is 0.426. The number of carboxylic acids is 1. The van der Waals surface area contributed by atoms with Crippen molar-refractivity contribution in [2.75, 3.05) is 40.6 Å². The number of carbonyl (C=O) groups is 4. The molecule has 34 heteroatoms. The van der Waals surface area contributed by atoms with Crippen LogP contribution in [0.5, 0.6) is 46.0 Å². The summed E-state index contributed by atoms with van der Waals surface area (Å²) in [6.07, 6.45) is -32.5. The van der Waals surface area contributed by atoms with Crippen molar-refractivity contribution in [2.24, 2.45) is 0 Å². The number of aliphatic hydroxyl groups is 11. The topological polar surface area (TPSA) is 522 Å². The Morgan fingerprint density at radius 3 is 1.79 bits per heavy atom. The highest BCUT2D eigenvalue weighted by Gasteiger charge is 2.53. The summed E-state index contributed by atoms with van der Waals surface area (Å²) < 4.78 is 79.7. The first-order valence-electron chi connectivity index (χ1n) is 28.7. The highest BCUT2D eigenvalue weighted by atomic mass is 16.8. The number of carbonyl (C=O) groups excluding carboxylic acids is 3. The van der Waals surface area contributed by atoms with Crippen molar-refractivity contribution in [3.63, 3.8) is 0 Å². The molecule has 1 aliphatic carbocycles. The number of fused-ring (bicyclic) bond motifs is 1. The number of carboxylic acid groups (broad SMARTS) is 1. The summed E-state index contributed by atoms with van der Waals surface area (Å²) >= 11 is 0. The molecule has 4 saturated heterocycles. The first-order valence-corrected chi connectivity index (χ1v) is 28.7. The quantitative estimate of drug-likeness (QED) is 0.0103. The largest absolute Gasteiger partial charge is 0.504 e. The second-order valence-electron chi connectivity index (χ2n) is 21.7. The minimum absolute atomic E-state index is 0.0397. The lowest BCUT2D eigenvalue weighted by atomic mass is 9.98. The van der Waals surface area contributed by atoms with Crippen molar-refractivity contribution < 1.29 is 162 Å². The molecule has 0 amide bonds. The maximum atomic E-state index is 13.5. The van der Waals surface area contributed by atoms with Crippen molar-refractivity contribution >= 4 is 36.0 Å². The Morgan fingerprint density at radius 1 is 0.558 bits per heavy atom. The zero-order valence-corrected chi connectivity index (χ0v) is 49.7. The van der Waals surface area contributed by atoms with E-state index in [1.165, 1.54) is 68.8 Å².